The van der Waals surface area contributed by atoms with E-state index in [-0.39, 0.29) is 16.5 Å². The second-order valence-electron chi connectivity index (χ2n) is 8.82. The summed E-state index contributed by atoms with van der Waals surface area (Å²) < 4.78 is 25.7. The standard InChI is InChI=1S/C30H25FN2O5S/c1-3-14-37-21-11-8-18(9-12-21)26-25(27(34)19-6-5-7-22(16-19)38-15-4-2)28(35)29(36)33(26)30-32-23-13-10-20(31)17-24(23)39-30/h3,5-13,16-17,26,34H,1,4,14-15H2,2H3. The number of benzene rings is 3. The molecule has 0 spiro atoms. The predicted octanol–water partition coefficient (Wildman–Crippen LogP) is 6.42. The Labute approximate surface area is 228 Å². The third-order valence-corrected chi connectivity index (χ3v) is 7.15. The smallest absolute Gasteiger partial charge is 0.301 e. The maximum atomic E-state index is 13.9. The van der Waals surface area contributed by atoms with Crippen molar-refractivity contribution in [2.45, 2.75) is 19.4 Å². The molecule has 0 aliphatic carbocycles. The molecule has 1 unspecified atom stereocenters. The Bertz CT molecular complexity index is 1590. The van der Waals surface area contributed by atoms with Crippen LogP contribution >= 0.6 is 11.3 Å². The second kappa shape index (κ2) is 11.1. The fraction of sp³-hybridized carbons (Fsp3) is 0.167. The van der Waals surface area contributed by atoms with Gasteiger partial charge in [0.2, 0.25) is 0 Å². The van der Waals surface area contributed by atoms with Crippen molar-refractivity contribution in [3.8, 4) is 11.5 Å². The quantitative estimate of drug-likeness (QED) is 0.113. The highest BCUT2D eigenvalue weighted by Crippen LogP contribution is 2.44. The average Bonchev–Trinajstić information content (AvgIpc) is 3.48. The van der Waals surface area contributed by atoms with Gasteiger partial charge in [-0.15, -0.1) is 0 Å². The van der Waals surface area contributed by atoms with Gasteiger partial charge in [-0.05, 0) is 54.4 Å². The first kappa shape index (κ1) is 26.1. The summed E-state index contributed by atoms with van der Waals surface area (Å²) in [5.41, 5.74) is 1.30. The van der Waals surface area contributed by atoms with E-state index in [1.54, 1.807) is 54.6 Å². The maximum absolute atomic E-state index is 13.9. The van der Waals surface area contributed by atoms with Gasteiger partial charge in [0, 0.05) is 5.56 Å². The molecule has 1 aromatic heterocycles. The van der Waals surface area contributed by atoms with Gasteiger partial charge in [-0.2, -0.15) is 0 Å². The molecule has 0 saturated carbocycles. The van der Waals surface area contributed by atoms with E-state index >= 15 is 0 Å². The number of ether oxygens (including phenoxy) is 2. The third-order valence-electron chi connectivity index (χ3n) is 6.13. The number of carbonyl (C=O) groups is 2. The highest BCUT2D eigenvalue weighted by molar-refractivity contribution is 7.22. The highest BCUT2D eigenvalue weighted by atomic mass is 32.1. The van der Waals surface area contributed by atoms with Crippen LogP contribution in [0, 0.1) is 5.82 Å². The topological polar surface area (TPSA) is 89.0 Å². The largest absolute Gasteiger partial charge is 0.507 e. The van der Waals surface area contributed by atoms with E-state index in [9.17, 15) is 19.1 Å². The Balaban J connectivity index is 1.65. The van der Waals surface area contributed by atoms with Crippen LogP contribution in [-0.2, 0) is 9.59 Å². The number of nitrogens with zero attached hydrogens (tertiary/aromatic N) is 2. The summed E-state index contributed by atoms with van der Waals surface area (Å²) in [5.74, 6) is -1.35. The lowest BCUT2D eigenvalue weighted by Crippen LogP contribution is -2.29. The van der Waals surface area contributed by atoms with E-state index < -0.39 is 23.5 Å². The fourth-order valence-electron chi connectivity index (χ4n) is 4.34. The van der Waals surface area contributed by atoms with E-state index in [4.69, 9.17) is 9.47 Å². The molecule has 1 aliphatic heterocycles. The van der Waals surface area contributed by atoms with Crippen molar-refractivity contribution in [2.75, 3.05) is 18.1 Å². The van der Waals surface area contributed by atoms with E-state index in [1.807, 2.05) is 6.92 Å². The van der Waals surface area contributed by atoms with Crippen LogP contribution in [0.1, 0.15) is 30.5 Å². The van der Waals surface area contributed by atoms with Crippen LogP contribution in [0.15, 0.2) is 85.0 Å². The van der Waals surface area contributed by atoms with Gasteiger partial charge in [0.25, 0.3) is 5.78 Å². The van der Waals surface area contributed by atoms with Crippen molar-refractivity contribution in [2.24, 2.45) is 0 Å². The van der Waals surface area contributed by atoms with E-state index in [2.05, 4.69) is 11.6 Å². The molecular weight excluding hydrogens is 519 g/mol. The Kier molecular flexibility index (Phi) is 7.42. The molecule has 0 radical (unpaired) electrons. The number of aliphatic hydroxyl groups is 1. The average molecular weight is 545 g/mol. The number of hydrogen-bond donors (Lipinski definition) is 1. The van der Waals surface area contributed by atoms with Gasteiger partial charge >= 0.3 is 5.91 Å². The van der Waals surface area contributed by atoms with Gasteiger partial charge in [-0.3, -0.25) is 14.5 Å². The number of anilines is 1. The monoisotopic (exact) mass is 544 g/mol. The minimum atomic E-state index is -0.982. The molecule has 1 saturated heterocycles. The number of amides is 1. The van der Waals surface area contributed by atoms with Gasteiger partial charge in [-0.1, -0.05) is 55.2 Å². The lowest BCUT2D eigenvalue weighted by Gasteiger charge is -2.23. The molecule has 1 N–H and O–H groups in total. The molecule has 0 bridgehead atoms. The first-order chi connectivity index (χ1) is 18.9. The molecular formula is C30H25FN2O5S. The zero-order chi connectivity index (χ0) is 27.5. The Morgan fingerprint density at radius 3 is 2.64 bits per heavy atom. The molecule has 1 amide bonds. The van der Waals surface area contributed by atoms with Gasteiger partial charge < -0.3 is 14.6 Å². The maximum Gasteiger partial charge on any atom is 0.301 e. The number of hydrogen-bond acceptors (Lipinski definition) is 7. The molecule has 9 heteroatoms. The van der Waals surface area contributed by atoms with Crippen LogP contribution in [0.4, 0.5) is 9.52 Å². The van der Waals surface area contributed by atoms with Crippen LogP contribution in [0.5, 0.6) is 11.5 Å². The van der Waals surface area contributed by atoms with E-state index in [1.165, 1.54) is 23.1 Å². The number of aliphatic hydroxyl groups excluding tert-OH is 1. The summed E-state index contributed by atoms with van der Waals surface area (Å²) >= 11 is 1.09. The van der Waals surface area contributed by atoms with Crippen molar-refractivity contribution in [1.82, 2.24) is 4.98 Å². The summed E-state index contributed by atoms with van der Waals surface area (Å²) in [7, 11) is 0. The van der Waals surface area contributed by atoms with Crippen LogP contribution in [0.2, 0.25) is 0 Å². The molecule has 39 heavy (non-hydrogen) atoms. The van der Waals surface area contributed by atoms with Crippen molar-refractivity contribution < 1.29 is 28.6 Å². The number of fused-ring (bicyclic) bond motifs is 1. The zero-order valence-corrected chi connectivity index (χ0v) is 21.9. The molecule has 7 nitrogen and oxygen atoms in total. The lowest BCUT2D eigenvalue weighted by atomic mass is 9.95. The van der Waals surface area contributed by atoms with Crippen LogP contribution < -0.4 is 14.4 Å². The number of ketones is 1. The van der Waals surface area contributed by atoms with E-state index in [0.717, 1.165) is 17.8 Å². The first-order valence-corrected chi connectivity index (χ1v) is 13.2. The number of Topliss-reactive ketones (excluding diaryl/α,β-unsaturated/α-hetero) is 1. The van der Waals surface area contributed by atoms with E-state index in [0.29, 0.717) is 46.1 Å². The molecule has 1 fully saturated rings. The summed E-state index contributed by atoms with van der Waals surface area (Å²) in [6, 6.07) is 16.8. The van der Waals surface area contributed by atoms with Crippen LogP contribution in [-0.4, -0.2) is 35.0 Å². The number of thiazole rings is 1. The van der Waals surface area contributed by atoms with Gasteiger partial charge in [0.05, 0.1) is 28.4 Å². The van der Waals surface area contributed by atoms with Crippen LogP contribution in [0.25, 0.3) is 16.0 Å². The van der Waals surface area contributed by atoms with Crippen molar-refractivity contribution in [3.05, 3.63) is 102 Å². The summed E-state index contributed by atoms with van der Waals surface area (Å²) in [6.07, 6.45) is 2.43. The van der Waals surface area contributed by atoms with Gasteiger partial charge in [0.1, 0.15) is 29.7 Å². The summed E-state index contributed by atoms with van der Waals surface area (Å²) in [4.78, 5) is 32.7. The summed E-state index contributed by atoms with van der Waals surface area (Å²) in [5, 5.41) is 11.6. The Morgan fingerprint density at radius 2 is 1.90 bits per heavy atom. The molecule has 2 heterocycles. The van der Waals surface area contributed by atoms with Crippen LogP contribution in [0.3, 0.4) is 0 Å². The molecule has 3 aromatic carbocycles. The first-order valence-electron chi connectivity index (χ1n) is 12.3. The van der Waals surface area contributed by atoms with Crippen molar-refractivity contribution in [1.29, 1.82) is 0 Å². The summed E-state index contributed by atoms with van der Waals surface area (Å²) in [6.45, 7) is 6.43. The number of halogens is 1. The molecule has 198 valence electrons. The van der Waals surface area contributed by atoms with Gasteiger partial charge in [-0.25, -0.2) is 9.37 Å². The number of aromatic nitrogens is 1. The normalized spacial score (nSPS) is 16.6. The SMILES string of the molecule is C=CCOc1ccc(C2C(=C(O)c3cccc(OCCC)c3)C(=O)C(=O)N2c2nc3ccc(F)cc3s2)cc1. The second-order valence-corrected chi connectivity index (χ2v) is 9.83. The Hall–Kier alpha value is -4.50. The lowest BCUT2D eigenvalue weighted by molar-refractivity contribution is -0.132. The molecule has 1 aliphatic rings. The fourth-order valence-corrected chi connectivity index (χ4v) is 5.36. The molecule has 5 rings (SSSR count). The number of carbonyl (C=O) groups excluding carboxylic acids is 2. The van der Waals surface area contributed by atoms with Crippen molar-refractivity contribution >= 4 is 44.1 Å². The number of rotatable bonds is 9. The zero-order valence-electron chi connectivity index (χ0n) is 21.1. The molecule has 4 aromatic rings. The Morgan fingerprint density at radius 1 is 1.10 bits per heavy atom. The highest BCUT2D eigenvalue weighted by Gasteiger charge is 2.48. The minimum Gasteiger partial charge on any atom is -0.507 e. The molecule has 1 atom stereocenters. The van der Waals surface area contributed by atoms with Gasteiger partial charge in [0.15, 0.2) is 5.13 Å². The van der Waals surface area contributed by atoms with Crippen molar-refractivity contribution in [3.63, 3.8) is 0 Å². The third kappa shape index (κ3) is 5.13. The minimum absolute atomic E-state index is 0.0853. The predicted molar refractivity (Wildman–Crippen MR) is 149 cm³/mol.